The molecule has 160 valence electrons. The molecule has 8 heteroatoms. The largest absolute Gasteiger partial charge is 0.381 e. The molecule has 0 radical (unpaired) electrons. The Labute approximate surface area is 191 Å². The van der Waals surface area contributed by atoms with E-state index in [0.29, 0.717) is 5.92 Å². The third kappa shape index (κ3) is 7.11. The van der Waals surface area contributed by atoms with Gasteiger partial charge in [-0.25, -0.2) is 4.98 Å². The van der Waals surface area contributed by atoms with E-state index in [0.717, 1.165) is 51.3 Å². The van der Waals surface area contributed by atoms with Crippen molar-refractivity contribution in [1.82, 2.24) is 20.1 Å². The van der Waals surface area contributed by atoms with E-state index in [-0.39, 0.29) is 24.0 Å². The number of thiazole rings is 1. The van der Waals surface area contributed by atoms with Gasteiger partial charge in [0.2, 0.25) is 0 Å². The molecule has 0 aliphatic carbocycles. The number of nitrogens with one attached hydrogen (secondary N) is 1. The molecule has 3 rings (SSSR count). The average molecular weight is 522 g/mol. The minimum atomic E-state index is 0. The molecule has 1 aromatic heterocycles. The van der Waals surface area contributed by atoms with Gasteiger partial charge in [0.1, 0.15) is 0 Å². The fourth-order valence-electron chi connectivity index (χ4n) is 4.07. The van der Waals surface area contributed by atoms with Crippen molar-refractivity contribution in [3.63, 3.8) is 0 Å². The summed E-state index contributed by atoms with van der Waals surface area (Å²) in [6, 6.07) is 0. The van der Waals surface area contributed by atoms with E-state index >= 15 is 0 Å². The number of guanidine groups is 1. The second-order valence-electron chi connectivity index (χ2n) is 7.77. The smallest absolute Gasteiger partial charge is 0.193 e. The maximum absolute atomic E-state index is 5.59. The average Bonchev–Trinajstić information content (AvgIpc) is 3.31. The summed E-state index contributed by atoms with van der Waals surface area (Å²) in [4.78, 5) is 14.0. The summed E-state index contributed by atoms with van der Waals surface area (Å²) in [6.45, 7) is 12.3. The number of aliphatic imine (C=N–C) groups is 1. The Morgan fingerprint density at radius 1 is 1.29 bits per heavy atom. The number of halogens is 1. The first-order valence-electron chi connectivity index (χ1n) is 10.3. The topological polar surface area (TPSA) is 53.0 Å². The van der Waals surface area contributed by atoms with Crippen LogP contribution < -0.4 is 5.32 Å². The summed E-state index contributed by atoms with van der Waals surface area (Å²) < 4.78 is 5.59. The quantitative estimate of drug-likeness (QED) is 0.340. The molecule has 3 heterocycles. The number of nitrogens with zero attached hydrogens (tertiary/aromatic N) is 4. The number of hydrogen-bond acceptors (Lipinski definition) is 5. The van der Waals surface area contributed by atoms with Gasteiger partial charge in [-0.05, 0) is 52.1 Å². The summed E-state index contributed by atoms with van der Waals surface area (Å²) in [5, 5.41) is 7.00. The Morgan fingerprint density at radius 2 is 2.04 bits per heavy atom. The van der Waals surface area contributed by atoms with Gasteiger partial charge in [0.15, 0.2) is 5.96 Å². The maximum atomic E-state index is 5.59. The highest BCUT2D eigenvalue weighted by Crippen LogP contribution is 2.20. The Bertz CT molecular complexity index is 603. The van der Waals surface area contributed by atoms with Crippen LogP contribution in [0.1, 0.15) is 36.9 Å². The van der Waals surface area contributed by atoms with Crippen molar-refractivity contribution in [2.45, 2.75) is 39.7 Å². The van der Waals surface area contributed by atoms with Crippen LogP contribution in [0.5, 0.6) is 0 Å². The number of likely N-dealkylation sites (tertiary alicyclic amines) is 2. The molecule has 2 aliphatic heterocycles. The van der Waals surface area contributed by atoms with Crippen LogP contribution in [0.25, 0.3) is 0 Å². The van der Waals surface area contributed by atoms with Gasteiger partial charge in [0, 0.05) is 51.1 Å². The lowest BCUT2D eigenvalue weighted by atomic mass is 9.97. The lowest BCUT2D eigenvalue weighted by Crippen LogP contribution is -2.44. The van der Waals surface area contributed by atoms with Gasteiger partial charge in [-0.1, -0.05) is 0 Å². The molecule has 0 aromatic carbocycles. The minimum absolute atomic E-state index is 0. The Kier molecular flexibility index (Phi) is 10.5. The predicted molar refractivity (Wildman–Crippen MR) is 128 cm³/mol. The zero-order chi connectivity index (χ0) is 19.1. The molecule has 1 atom stereocenters. The van der Waals surface area contributed by atoms with Crippen LogP contribution in [-0.2, 0) is 11.3 Å². The van der Waals surface area contributed by atoms with Gasteiger partial charge >= 0.3 is 0 Å². The molecule has 0 amide bonds. The predicted octanol–water partition coefficient (Wildman–Crippen LogP) is 3.22. The number of ether oxygens (including phenoxy) is 1. The first-order chi connectivity index (χ1) is 13.2. The number of aromatic nitrogens is 1. The lowest BCUT2D eigenvalue weighted by Gasteiger charge is -2.32. The summed E-state index contributed by atoms with van der Waals surface area (Å²) in [5.74, 6) is 2.44. The van der Waals surface area contributed by atoms with Crippen LogP contribution in [0.15, 0.2) is 10.4 Å². The van der Waals surface area contributed by atoms with Crippen LogP contribution in [0.2, 0.25) is 0 Å². The molecule has 1 aromatic rings. The lowest BCUT2D eigenvalue weighted by molar-refractivity contribution is 0.114. The van der Waals surface area contributed by atoms with Gasteiger partial charge in [0.05, 0.1) is 17.3 Å². The molecule has 2 aliphatic rings. The zero-order valence-corrected chi connectivity index (χ0v) is 20.7. The summed E-state index contributed by atoms with van der Waals surface area (Å²) in [5.41, 5.74) is 1.23. The third-order valence-corrected chi connectivity index (χ3v) is 6.49. The second-order valence-corrected chi connectivity index (χ2v) is 8.83. The minimum Gasteiger partial charge on any atom is -0.381 e. The Hall–Kier alpha value is -0.450. The number of piperidine rings is 1. The van der Waals surface area contributed by atoms with Gasteiger partial charge in [-0.3, -0.25) is 9.89 Å². The Morgan fingerprint density at radius 3 is 2.68 bits per heavy atom. The second kappa shape index (κ2) is 12.3. The van der Waals surface area contributed by atoms with Gasteiger partial charge in [-0.2, -0.15) is 0 Å². The van der Waals surface area contributed by atoms with Crippen molar-refractivity contribution in [2.24, 2.45) is 16.8 Å². The van der Waals surface area contributed by atoms with Gasteiger partial charge < -0.3 is 15.0 Å². The van der Waals surface area contributed by atoms with Crippen molar-refractivity contribution in [3.8, 4) is 0 Å². The molecule has 2 saturated heterocycles. The molecule has 28 heavy (non-hydrogen) atoms. The van der Waals surface area contributed by atoms with Crippen LogP contribution in [0.3, 0.4) is 0 Å². The van der Waals surface area contributed by atoms with Crippen LogP contribution in [0.4, 0.5) is 0 Å². The Balaban J connectivity index is 0.00000280. The molecular formula is C20H36IN5OS. The molecular weight excluding hydrogens is 485 g/mol. The van der Waals surface area contributed by atoms with Crippen molar-refractivity contribution in [3.05, 3.63) is 16.1 Å². The van der Waals surface area contributed by atoms with E-state index in [1.807, 2.05) is 7.05 Å². The van der Waals surface area contributed by atoms with E-state index in [1.165, 1.54) is 43.1 Å². The first kappa shape index (κ1) is 23.8. The highest BCUT2D eigenvalue weighted by molar-refractivity contribution is 14.0. The van der Waals surface area contributed by atoms with E-state index in [9.17, 15) is 0 Å². The summed E-state index contributed by atoms with van der Waals surface area (Å²) in [6.07, 6.45) is 3.70. The SMILES string of the molecule is CCOCC1CCN(C(=NC)NCC2CCN(Cc3csc(C)n3)CC2)C1.I. The number of rotatable bonds is 7. The van der Waals surface area contributed by atoms with E-state index in [1.54, 1.807) is 11.3 Å². The molecule has 0 saturated carbocycles. The van der Waals surface area contributed by atoms with Crippen molar-refractivity contribution in [1.29, 1.82) is 0 Å². The fourth-order valence-corrected chi connectivity index (χ4v) is 4.68. The summed E-state index contributed by atoms with van der Waals surface area (Å²) in [7, 11) is 1.90. The third-order valence-electron chi connectivity index (χ3n) is 5.66. The molecule has 6 nitrogen and oxygen atoms in total. The van der Waals surface area contributed by atoms with Crippen LogP contribution >= 0.6 is 35.3 Å². The van der Waals surface area contributed by atoms with Crippen LogP contribution in [-0.4, -0.2) is 73.7 Å². The van der Waals surface area contributed by atoms with E-state index in [4.69, 9.17) is 4.74 Å². The van der Waals surface area contributed by atoms with Crippen molar-refractivity contribution in [2.75, 3.05) is 53.0 Å². The van der Waals surface area contributed by atoms with Crippen molar-refractivity contribution >= 4 is 41.3 Å². The highest BCUT2D eigenvalue weighted by Gasteiger charge is 2.26. The standard InChI is InChI=1S/C20H35N5OS.HI/c1-4-26-14-18-7-10-25(12-18)20(21-3)22-11-17-5-8-24(9-6-17)13-19-15-27-16(2)23-19;/h15,17-18H,4-14H2,1-3H3,(H,21,22);1H. The molecule has 1 unspecified atom stereocenters. The fraction of sp³-hybridized carbons (Fsp3) is 0.800. The molecule has 1 N–H and O–H groups in total. The van der Waals surface area contributed by atoms with Gasteiger partial charge in [0.25, 0.3) is 0 Å². The molecule has 0 spiro atoms. The normalized spacial score (nSPS) is 21.8. The zero-order valence-electron chi connectivity index (χ0n) is 17.5. The molecule has 0 bridgehead atoms. The van der Waals surface area contributed by atoms with Gasteiger partial charge in [-0.15, -0.1) is 35.3 Å². The van der Waals surface area contributed by atoms with E-state index < -0.39 is 0 Å². The summed E-state index contributed by atoms with van der Waals surface area (Å²) >= 11 is 1.75. The van der Waals surface area contributed by atoms with Crippen molar-refractivity contribution < 1.29 is 4.74 Å². The number of hydrogen-bond donors (Lipinski definition) is 1. The monoisotopic (exact) mass is 521 g/mol. The van der Waals surface area contributed by atoms with E-state index in [2.05, 4.69) is 44.3 Å². The highest BCUT2D eigenvalue weighted by atomic mass is 127. The molecule has 2 fully saturated rings. The maximum Gasteiger partial charge on any atom is 0.193 e. The van der Waals surface area contributed by atoms with Crippen LogP contribution in [0, 0.1) is 18.8 Å². The first-order valence-corrected chi connectivity index (χ1v) is 11.2. The number of aryl methyl sites for hydroxylation is 1.